The molecule has 0 aliphatic carbocycles. The molecule has 3 N–H and O–H groups in total. The van der Waals surface area contributed by atoms with Crippen molar-refractivity contribution in [3.8, 4) is 0 Å². The number of nitrogens with zero attached hydrogens (tertiary/aromatic N) is 3. The second-order valence-corrected chi connectivity index (χ2v) is 8.17. The first-order valence-corrected chi connectivity index (χ1v) is 10.2. The number of likely N-dealkylation sites (tertiary alicyclic amines) is 1. The van der Waals surface area contributed by atoms with Crippen LogP contribution in [0.4, 0.5) is 0 Å². The molecule has 29 heavy (non-hydrogen) atoms. The van der Waals surface area contributed by atoms with E-state index in [-0.39, 0.29) is 11.8 Å². The van der Waals surface area contributed by atoms with Crippen LogP contribution in [0.15, 0.2) is 42.7 Å². The minimum atomic E-state index is -0.582. The van der Waals surface area contributed by atoms with Gasteiger partial charge < -0.3 is 20.1 Å². The van der Waals surface area contributed by atoms with Crippen LogP contribution in [-0.2, 0) is 13.0 Å². The van der Waals surface area contributed by atoms with Gasteiger partial charge in [0.05, 0.1) is 11.1 Å². The van der Waals surface area contributed by atoms with Gasteiger partial charge in [-0.15, -0.1) is 0 Å². The summed E-state index contributed by atoms with van der Waals surface area (Å²) < 4.78 is 1.78. The first-order valence-electron chi connectivity index (χ1n) is 9.85. The van der Waals surface area contributed by atoms with Crippen molar-refractivity contribution in [1.29, 1.82) is 0 Å². The molecule has 2 atom stereocenters. The Morgan fingerprint density at radius 2 is 2.07 bits per heavy atom. The molecule has 1 aliphatic rings. The van der Waals surface area contributed by atoms with Crippen molar-refractivity contribution in [2.24, 2.45) is 11.7 Å². The van der Waals surface area contributed by atoms with Gasteiger partial charge in [0.1, 0.15) is 5.69 Å². The van der Waals surface area contributed by atoms with Gasteiger partial charge in [0, 0.05) is 32.0 Å². The number of aryl methyl sites for hydroxylation is 1. The Kier molecular flexibility index (Phi) is 5.58. The maximum absolute atomic E-state index is 13.0. The van der Waals surface area contributed by atoms with E-state index in [0.717, 1.165) is 24.0 Å². The van der Waals surface area contributed by atoms with E-state index in [1.807, 2.05) is 37.4 Å². The fraction of sp³-hybridized carbons (Fsp3) is 0.364. The number of aliphatic hydroxyl groups is 1. The first kappa shape index (κ1) is 19.9. The molecule has 6 nitrogen and oxygen atoms in total. The lowest BCUT2D eigenvalue weighted by Crippen LogP contribution is -2.47. The standard InChI is InChI=1S/C22H25ClN4O2/c1-14-8-18(23)21-25-19(12-27(21)11-14)22(29)26-7-6-16(20(28)13-26)9-15-4-2-3-5-17(15)10-24/h2-5,8,11-12,16,20,28H,6-7,9-10,13,24H2,1H3/t16?,20-/m1/s1. The number of fused-ring (bicyclic) bond motifs is 1. The van der Waals surface area contributed by atoms with Crippen molar-refractivity contribution < 1.29 is 9.90 Å². The van der Waals surface area contributed by atoms with Crippen molar-refractivity contribution in [3.05, 3.63) is 70.1 Å². The number of carbonyl (C=O) groups is 1. The van der Waals surface area contributed by atoms with Crippen molar-refractivity contribution in [2.75, 3.05) is 13.1 Å². The lowest BCUT2D eigenvalue weighted by atomic mass is 9.86. The summed E-state index contributed by atoms with van der Waals surface area (Å²) in [4.78, 5) is 19.0. The van der Waals surface area contributed by atoms with Crippen LogP contribution >= 0.6 is 11.6 Å². The van der Waals surface area contributed by atoms with Gasteiger partial charge in [-0.25, -0.2) is 4.98 Å². The average molecular weight is 413 g/mol. The average Bonchev–Trinajstić information content (AvgIpc) is 3.13. The summed E-state index contributed by atoms with van der Waals surface area (Å²) in [6, 6.07) is 9.89. The van der Waals surface area contributed by atoms with Crippen LogP contribution in [0, 0.1) is 12.8 Å². The number of halogens is 1. The van der Waals surface area contributed by atoms with Crippen molar-refractivity contribution in [1.82, 2.24) is 14.3 Å². The Hall–Kier alpha value is -2.41. The van der Waals surface area contributed by atoms with E-state index in [9.17, 15) is 9.90 Å². The summed E-state index contributed by atoms with van der Waals surface area (Å²) in [5, 5.41) is 11.2. The molecule has 1 aromatic carbocycles. The number of amides is 1. The SMILES string of the molecule is Cc1cc(Cl)c2nc(C(=O)N3CCC(Cc4ccccc4CN)[C@H](O)C3)cn2c1. The highest BCUT2D eigenvalue weighted by Crippen LogP contribution is 2.25. The van der Waals surface area contributed by atoms with E-state index in [2.05, 4.69) is 11.1 Å². The van der Waals surface area contributed by atoms with Gasteiger partial charge in [0.2, 0.25) is 0 Å². The van der Waals surface area contributed by atoms with Gasteiger partial charge in [-0.2, -0.15) is 0 Å². The van der Waals surface area contributed by atoms with E-state index in [4.69, 9.17) is 17.3 Å². The number of hydrogen-bond acceptors (Lipinski definition) is 4. The number of rotatable bonds is 4. The number of hydrogen-bond donors (Lipinski definition) is 2. The van der Waals surface area contributed by atoms with Crippen molar-refractivity contribution in [2.45, 2.75) is 32.4 Å². The number of piperidine rings is 1. The van der Waals surface area contributed by atoms with Crippen molar-refractivity contribution >= 4 is 23.2 Å². The molecule has 7 heteroatoms. The monoisotopic (exact) mass is 412 g/mol. The number of imidazole rings is 1. The number of aromatic nitrogens is 2. The third-order valence-electron chi connectivity index (χ3n) is 5.69. The highest BCUT2D eigenvalue weighted by Gasteiger charge is 2.32. The molecule has 0 spiro atoms. The molecule has 4 rings (SSSR count). The first-order chi connectivity index (χ1) is 14.0. The van der Waals surface area contributed by atoms with Crippen LogP contribution in [0.2, 0.25) is 5.02 Å². The molecule has 152 valence electrons. The van der Waals surface area contributed by atoms with E-state index in [1.165, 1.54) is 5.56 Å². The van der Waals surface area contributed by atoms with E-state index in [1.54, 1.807) is 15.5 Å². The molecule has 1 amide bonds. The quantitative estimate of drug-likeness (QED) is 0.690. The molecule has 2 aromatic heterocycles. The molecule has 0 bridgehead atoms. The lowest BCUT2D eigenvalue weighted by Gasteiger charge is -2.36. The molecule has 1 saturated heterocycles. The maximum Gasteiger partial charge on any atom is 0.274 e. The summed E-state index contributed by atoms with van der Waals surface area (Å²) in [5.74, 6) is -0.0767. The second-order valence-electron chi connectivity index (χ2n) is 7.77. The van der Waals surface area contributed by atoms with Gasteiger partial charge in [-0.3, -0.25) is 4.79 Å². The zero-order chi connectivity index (χ0) is 20.5. The van der Waals surface area contributed by atoms with Crippen LogP contribution in [0.5, 0.6) is 0 Å². The molecule has 3 heterocycles. The normalized spacial score (nSPS) is 19.7. The van der Waals surface area contributed by atoms with Crippen molar-refractivity contribution in [3.63, 3.8) is 0 Å². The van der Waals surface area contributed by atoms with Gasteiger partial charge in [0.15, 0.2) is 5.65 Å². The summed E-state index contributed by atoms with van der Waals surface area (Å²) >= 11 is 6.25. The van der Waals surface area contributed by atoms with Gasteiger partial charge in [-0.1, -0.05) is 35.9 Å². The Bertz CT molecular complexity index is 1050. The van der Waals surface area contributed by atoms with Crippen LogP contribution in [-0.4, -0.2) is 44.5 Å². The van der Waals surface area contributed by atoms with Gasteiger partial charge >= 0.3 is 0 Å². The summed E-state index contributed by atoms with van der Waals surface area (Å²) in [6.45, 7) is 3.32. The maximum atomic E-state index is 13.0. The molecule has 3 aromatic rings. The zero-order valence-corrected chi connectivity index (χ0v) is 17.1. The largest absolute Gasteiger partial charge is 0.391 e. The Morgan fingerprint density at radius 3 is 2.79 bits per heavy atom. The van der Waals surface area contributed by atoms with Gasteiger partial charge in [0.25, 0.3) is 5.91 Å². The van der Waals surface area contributed by atoms with E-state index in [0.29, 0.717) is 36.0 Å². The molecule has 1 unspecified atom stereocenters. The third kappa shape index (κ3) is 4.01. The van der Waals surface area contributed by atoms with Gasteiger partial charge in [-0.05, 0) is 48.4 Å². The lowest BCUT2D eigenvalue weighted by molar-refractivity contribution is 0.0194. The van der Waals surface area contributed by atoms with Crippen LogP contribution in [0.25, 0.3) is 5.65 Å². The summed E-state index contributed by atoms with van der Waals surface area (Å²) in [5.41, 5.74) is 10.0. The molecular formula is C22H25ClN4O2. The molecule has 0 radical (unpaired) electrons. The Labute approximate surface area is 174 Å². The second kappa shape index (κ2) is 8.14. The highest BCUT2D eigenvalue weighted by atomic mass is 35.5. The minimum absolute atomic E-state index is 0.102. The van der Waals surface area contributed by atoms with Crippen LogP contribution < -0.4 is 5.73 Å². The summed E-state index contributed by atoms with van der Waals surface area (Å²) in [7, 11) is 0. The fourth-order valence-corrected chi connectivity index (χ4v) is 4.41. The molecule has 1 aliphatic heterocycles. The zero-order valence-electron chi connectivity index (χ0n) is 16.4. The number of carbonyl (C=O) groups excluding carboxylic acids is 1. The van der Waals surface area contributed by atoms with Crippen LogP contribution in [0.3, 0.4) is 0 Å². The number of aliphatic hydroxyl groups excluding tert-OH is 1. The fourth-order valence-electron chi connectivity index (χ4n) is 4.10. The van der Waals surface area contributed by atoms with E-state index < -0.39 is 6.10 Å². The number of pyridine rings is 1. The highest BCUT2D eigenvalue weighted by molar-refractivity contribution is 6.33. The predicted octanol–water partition coefficient (Wildman–Crippen LogP) is 2.82. The number of nitrogens with two attached hydrogens (primary N) is 1. The molecule has 1 fully saturated rings. The predicted molar refractivity (Wildman–Crippen MR) is 113 cm³/mol. The Morgan fingerprint density at radius 1 is 1.31 bits per heavy atom. The topological polar surface area (TPSA) is 83.9 Å². The number of benzene rings is 1. The minimum Gasteiger partial charge on any atom is -0.391 e. The van der Waals surface area contributed by atoms with E-state index >= 15 is 0 Å². The number of β-amino-alcohol motifs (C(OH)–C–C–N with tert-alkyl or cyclic N) is 1. The third-order valence-corrected chi connectivity index (χ3v) is 5.97. The molecule has 0 saturated carbocycles. The van der Waals surface area contributed by atoms with Crippen LogP contribution in [0.1, 0.15) is 33.6 Å². The molecular weight excluding hydrogens is 388 g/mol. The summed E-state index contributed by atoms with van der Waals surface area (Å²) in [6.07, 6.45) is 4.51. The Balaban J connectivity index is 1.47. The smallest absolute Gasteiger partial charge is 0.274 e.